The van der Waals surface area contributed by atoms with E-state index in [9.17, 15) is 4.79 Å². The first-order valence-corrected chi connectivity index (χ1v) is 5.95. The van der Waals surface area contributed by atoms with Crippen molar-refractivity contribution in [1.29, 1.82) is 0 Å². The number of aromatic nitrogens is 1. The Morgan fingerprint density at radius 2 is 2.50 bits per heavy atom. The summed E-state index contributed by atoms with van der Waals surface area (Å²) in [5.74, 6) is -0.0181. The van der Waals surface area contributed by atoms with Gasteiger partial charge < -0.3 is 9.64 Å². The number of pyridine rings is 1. The van der Waals surface area contributed by atoms with Gasteiger partial charge in [0.05, 0.1) is 18.2 Å². The van der Waals surface area contributed by atoms with Gasteiger partial charge in [-0.3, -0.25) is 4.79 Å². The average molecular weight is 285 g/mol. The zero-order valence-electron chi connectivity index (χ0n) is 9.02. The molecule has 0 bridgehead atoms. The number of carbonyl (C=O) groups is 1. The van der Waals surface area contributed by atoms with E-state index in [2.05, 4.69) is 20.9 Å². The topological polar surface area (TPSA) is 42.4 Å². The molecule has 4 nitrogen and oxygen atoms in total. The van der Waals surface area contributed by atoms with Gasteiger partial charge in [-0.05, 0) is 34.5 Å². The van der Waals surface area contributed by atoms with Crippen molar-refractivity contribution in [2.24, 2.45) is 0 Å². The summed E-state index contributed by atoms with van der Waals surface area (Å²) in [6, 6.07) is 3.71. The minimum Gasteiger partial charge on any atom is -0.379 e. The zero-order chi connectivity index (χ0) is 11.5. The lowest BCUT2D eigenvalue weighted by molar-refractivity contribution is 0.0710. The van der Waals surface area contributed by atoms with Crippen LogP contribution in [0.4, 0.5) is 0 Å². The van der Waals surface area contributed by atoms with Gasteiger partial charge in [0, 0.05) is 19.9 Å². The van der Waals surface area contributed by atoms with Crippen LogP contribution < -0.4 is 0 Å². The molecule has 0 saturated carbocycles. The van der Waals surface area contributed by atoms with Crippen molar-refractivity contribution in [1.82, 2.24) is 9.88 Å². The first-order valence-electron chi connectivity index (χ1n) is 5.15. The number of rotatable bonds is 2. The van der Waals surface area contributed by atoms with Crippen LogP contribution in [-0.4, -0.2) is 42.1 Å². The standard InChI is InChI=1S/C11H13BrN2O2/c1-14(8-4-6-16-7-8)11(15)9-3-2-5-13-10(9)12/h2-3,5,8H,4,6-7H2,1H3. The lowest BCUT2D eigenvalue weighted by Gasteiger charge is -2.23. The maximum Gasteiger partial charge on any atom is 0.256 e. The van der Waals surface area contributed by atoms with Crippen molar-refractivity contribution in [2.75, 3.05) is 20.3 Å². The summed E-state index contributed by atoms with van der Waals surface area (Å²) < 4.78 is 5.86. The molecule has 1 amide bonds. The molecule has 2 rings (SSSR count). The van der Waals surface area contributed by atoms with Crippen molar-refractivity contribution < 1.29 is 9.53 Å². The zero-order valence-corrected chi connectivity index (χ0v) is 10.6. The van der Waals surface area contributed by atoms with Crippen molar-refractivity contribution in [3.8, 4) is 0 Å². The molecule has 0 spiro atoms. The van der Waals surface area contributed by atoms with Crippen LogP contribution >= 0.6 is 15.9 Å². The molecular formula is C11H13BrN2O2. The summed E-state index contributed by atoms with van der Waals surface area (Å²) in [6.07, 6.45) is 2.56. The number of carbonyl (C=O) groups excluding carboxylic acids is 1. The summed E-state index contributed by atoms with van der Waals surface area (Å²) in [5.41, 5.74) is 0.594. The molecule has 86 valence electrons. The number of ether oxygens (including phenoxy) is 1. The quantitative estimate of drug-likeness (QED) is 0.777. The van der Waals surface area contributed by atoms with E-state index < -0.39 is 0 Å². The molecule has 1 unspecified atom stereocenters. The van der Waals surface area contributed by atoms with Gasteiger partial charge in [-0.25, -0.2) is 4.98 Å². The van der Waals surface area contributed by atoms with E-state index >= 15 is 0 Å². The van der Waals surface area contributed by atoms with Gasteiger partial charge >= 0.3 is 0 Å². The van der Waals surface area contributed by atoms with E-state index in [0.717, 1.165) is 13.0 Å². The predicted molar refractivity (Wildman–Crippen MR) is 63.3 cm³/mol. The van der Waals surface area contributed by atoms with Crippen LogP contribution in [-0.2, 0) is 4.74 Å². The second-order valence-corrected chi connectivity index (χ2v) is 4.53. The summed E-state index contributed by atoms with van der Waals surface area (Å²) in [7, 11) is 1.81. The number of nitrogens with zero attached hydrogens (tertiary/aromatic N) is 2. The summed E-state index contributed by atoms with van der Waals surface area (Å²) in [6.45, 7) is 1.36. The Labute approximate surface area is 103 Å². The molecule has 1 aromatic heterocycles. The van der Waals surface area contributed by atoms with Gasteiger partial charge in [0.25, 0.3) is 5.91 Å². The predicted octanol–water partition coefficient (Wildman–Crippen LogP) is 1.71. The molecule has 0 radical (unpaired) electrons. The summed E-state index contributed by atoms with van der Waals surface area (Å²) in [5, 5.41) is 0. The van der Waals surface area contributed by atoms with Crippen LogP contribution in [0.5, 0.6) is 0 Å². The van der Waals surface area contributed by atoms with Crippen molar-refractivity contribution in [3.05, 3.63) is 28.5 Å². The molecule has 1 atom stereocenters. The van der Waals surface area contributed by atoms with E-state index in [1.54, 1.807) is 30.3 Å². The Balaban J connectivity index is 2.15. The highest BCUT2D eigenvalue weighted by Crippen LogP contribution is 2.18. The number of halogens is 1. The maximum atomic E-state index is 12.2. The molecule has 0 aliphatic carbocycles. The van der Waals surface area contributed by atoms with Crippen molar-refractivity contribution >= 4 is 21.8 Å². The third-order valence-electron chi connectivity index (χ3n) is 2.76. The fourth-order valence-corrected chi connectivity index (χ4v) is 2.15. The molecule has 1 aliphatic rings. The van der Waals surface area contributed by atoms with Crippen LogP contribution in [0.1, 0.15) is 16.8 Å². The van der Waals surface area contributed by atoms with Crippen LogP contribution in [0.25, 0.3) is 0 Å². The van der Waals surface area contributed by atoms with Gasteiger partial charge in [0.2, 0.25) is 0 Å². The molecule has 5 heteroatoms. The molecule has 2 heterocycles. The van der Waals surface area contributed by atoms with Crippen LogP contribution in [0.3, 0.4) is 0 Å². The number of hydrogen-bond acceptors (Lipinski definition) is 3. The minimum atomic E-state index is -0.0181. The summed E-state index contributed by atoms with van der Waals surface area (Å²) >= 11 is 3.28. The highest BCUT2D eigenvalue weighted by atomic mass is 79.9. The van der Waals surface area contributed by atoms with Gasteiger partial charge in [0.1, 0.15) is 4.60 Å². The Morgan fingerprint density at radius 1 is 1.69 bits per heavy atom. The van der Waals surface area contributed by atoms with E-state index in [4.69, 9.17) is 4.74 Å². The van der Waals surface area contributed by atoms with E-state index in [-0.39, 0.29) is 11.9 Å². The van der Waals surface area contributed by atoms with Crippen LogP contribution in [0.15, 0.2) is 22.9 Å². The van der Waals surface area contributed by atoms with E-state index in [1.807, 2.05) is 0 Å². The lowest BCUT2D eigenvalue weighted by Crippen LogP contribution is -2.37. The van der Waals surface area contributed by atoms with Crippen molar-refractivity contribution in [3.63, 3.8) is 0 Å². The molecule has 0 aromatic carbocycles. The molecule has 16 heavy (non-hydrogen) atoms. The summed E-state index contributed by atoms with van der Waals surface area (Å²) in [4.78, 5) is 17.9. The molecule has 1 fully saturated rings. The van der Waals surface area contributed by atoms with Crippen LogP contribution in [0.2, 0.25) is 0 Å². The highest BCUT2D eigenvalue weighted by Gasteiger charge is 2.25. The number of amides is 1. The lowest BCUT2D eigenvalue weighted by atomic mass is 10.2. The molecule has 1 aliphatic heterocycles. The highest BCUT2D eigenvalue weighted by molar-refractivity contribution is 9.10. The Kier molecular flexibility index (Phi) is 3.56. The largest absolute Gasteiger partial charge is 0.379 e. The fraction of sp³-hybridized carbons (Fsp3) is 0.455. The minimum absolute atomic E-state index is 0.0181. The second kappa shape index (κ2) is 4.93. The second-order valence-electron chi connectivity index (χ2n) is 3.78. The fourth-order valence-electron chi connectivity index (χ4n) is 1.73. The SMILES string of the molecule is CN(C(=O)c1cccnc1Br)C1CCOC1. The van der Waals surface area contributed by atoms with Gasteiger partial charge in [-0.15, -0.1) is 0 Å². The normalized spacial score (nSPS) is 19.8. The molecule has 1 saturated heterocycles. The molecule has 1 aromatic rings. The molecular weight excluding hydrogens is 272 g/mol. The van der Waals surface area contributed by atoms with E-state index in [0.29, 0.717) is 16.8 Å². The molecule has 0 N–H and O–H groups in total. The smallest absolute Gasteiger partial charge is 0.256 e. The number of hydrogen-bond donors (Lipinski definition) is 0. The Hall–Kier alpha value is -0.940. The monoisotopic (exact) mass is 284 g/mol. The third-order valence-corrected chi connectivity index (χ3v) is 3.40. The van der Waals surface area contributed by atoms with Crippen LogP contribution in [0, 0.1) is 0 Å². The van der Waals surface area contributed by atoms with Gasteiger partial charge in [0.15, 0.2) is 0 Å². The first kappa shape index (κ1) is 11.5. The first-order chi connectivity index (χ1) is 7.70. The van der Waals surface area contributed by atoms with Crippen molar-refractivity contribution in [2.45, 2.75) is 12.5 Å². The average Bonchev–Trinajstić information content (AvgIpc) is 2.81. The van der Waals surface area contributed by atoms with E-state index in [1.165, 1.54) is 0 Å². The Morgan fingerprint density at radius 3 is 3.12 bits per heavy atom. The Bertz CT molecular complexity index is 391. The van der Waals surface area contributed by atoms with Gasteiger partial charge in [-0.1, -0.05) is 0 Å². The van der Waals surface area contributed by atoms with Gasteiger partial charge in [-0.2, -0.15) is 0 Å². The number of likely N-dealkylation sites (N-methyl/N-ethyl adjacent to an activating group) is 1. The third kappa shape index (κ3) is 2.25. The maximum absolute atomic E-state index is 12.2.